The lowest BCUT2D eigenvalue weighted by molar-refractivity contribution is 0.100. The molecule has 0 radical (unpaired) electrons. The molecule has 1 rings (SSSR count). The van der Waals surface area contributed by atoms with Crippen LogP contribution in [0.5, 0.6) is 0 Å². The SMILES string of the molecule is COCCCN(C)C(=O)OCc1ccccc1. The highest BCUT2D eigenvalue weighted by Crippen LogP contribution is 2.02. The molecule has 0 spiro atoms. The second-order valence-corrected chi connectivity index (χ2v) is 3.81. The molecule has 94 valence electrons. The molecule has 0 aliphatic heterocycles. The zero-order valence-corrected chi connectivity index (χ0v) is 10.4. The molecule has 0 atom stereocenters. The van der Waals surface area contributed by atoms with E-state index >= 15 is 0 Å². The van der Waals surface area contributed by atoms with Gasteiger partial charge in [-0.1, -0.05) is 30.3 Å². The maximum absolute atomic E-state index is 11.6. The Morgan fingerprint density at radius 2 is 2.00 bits per heavy atom. The third-order valence-corrected chi connectivity index (χ3v) is 2.36. The Hall–Kier alpha value is -1.55. The topological polar surface area (TPSA) is 38.8 Å². The van der Waals surface area contributed by atoms with E-state index in [4.69, 9.17) is 9.47 Å². The Bertz CT molecular complexity index is 327. The van der Waals surface area contributed by atoms with Crippen molar-refractivity contribution in [3.63, 3.8) is 0 Å². The monoisotopic (exact) mass is 237 g/mol. The Morgan fingerprint density at radius 1 is 1.29 bits per heavy atom. The van der Waals surface area contributed by atoms with Crippen LogP contribution in [0.3, 0.4) is 0 Å². The van der Waals surface area contributed by atoms with Gasteiger partial charge >= 0.3 is 6.09 Å². The van der Waals surface area contributed by atoms with Crippen molar-refractivity contribution in [2.45, 2.75) is 13.0 Å². The van der Waals surface area contributed by atoms with E-state index in [1.54, 1.807) is 19.1 Å². The molecule has 0 fully saturated rings. The first kappa shape index (κ1) is 13.5. The van der Waals surface area contributed by atoms with Crippen LogP contribution in [0.25, 0.3) is 0 Å². The highest BCUT2D eigenvalue weighted by molar-refractivity contribution is 5.67. The molecule has 0 bridgehead atoms. The van der Waals surface area contributed by atoms with E-state index in [-0.39, 0.29) is 6.09 Å². The summed E-state index contributed by atoms with van der Waals surface area (Å²) in [4.78, 5) is 13.1. The number of rotatable bonds is 6. The molecule has 0 aliphatic carbocycles. The number of ether oxygens (including phenoxy) is 2. The summed E-state index contributed by atoms with van der Waals surface area (Å²) in [6.07, 6.45) is 0.512. The molecular weight excluding hydrogens is 218 g/mol. The fourth-order valence-corrected chi connectivity index (χ4v) is 1.37. The van der Waals surface area contributed by atoms with Crippen molar-refractivity contribution in [2.24, 2.45) is 0 Å². The number of hydrogen-bond acceptors (Lipinski definition) is 3. The number of carbonyl (C=O) groups excluding carboxylic acids is 1. The van der Waals surface area contributed by atoms with Crippen molar-refractivity contribution in [3.05, 3.63) is 35.9 Å². The van der Waals surface area contributed by atoms with E-state index in [0.717, 1.165) is 12.0 Å². The van der Waals surface area contributed by atoms with Gasteiger partial charge in [-0.15, -0.1) is 0 Å². The predicted octanol–water partition coefficient (Wildman–Crippen LogP) is 2.29. The van der Waals surface area contributed by atoms with Gasteiger partial charge in [0.05, 0.1) is 0 Å². The van der Waals surface area contributed by atoms with Crippen LogP contribution in [0.1, 0.15) is 12.0 Å². The molecule has 1 amide bonds. The summed E-state index contributed by atoms with van der Waals surface area (Å²) in [6.45, 7) is 1.60. The van der Waals surface area contributed by atoms with Gasteiger partial charge in [0.2, 0.25) is 0 Å². The van der Waals surface area contributed by atoms with E-state index < -0.39 is 0 Å². The largest absolute Gasteiger partial charge is 0.445 e. The van der Waals surface area contributed by atoms with Gasteiger partial charge in [-0.05, 0) is 12.0 Å². The van der Waals surface area contributed by atoms with Gasteiger partial charge in [0, 0.05) is 27.3 Å². The van der Waals surface area contributed by atoms with Crippen molar-refractivity contribution in [2.75, 3.05) is 27.3 Å². The first-order valence-corrected chi connectivity index (χ1v) is 5.65. The van der Waals surface area contributed by atoms with Crippen LogP contribution in [-0.2, 0) is 16.1 Å². The molecule has 0 N–H and O–H groups in total. The number of methoxy groups -OCH3 is 1. The highest BCUT2D eigenvalue weighted by Gasteiger charge is 2.09. The summed E-state index contributed by atoms with van der Waals surface area (Å²) in [5.41, 5.74) is 0.992. The van der Waals surface area contributed by atoms with Gasteiger partial charge in [-0.3, -0.25) is 0 Å². The molecule has 1 aromatic carbocycles. The Labute approximate surface area is 102 Å². The fraction of sp³-hybridized carbons (Fsp3) is 0.462. The molecule has 0 saturated heterocycles. The van der Waals surface area contributed by atoms with Crippen LogP contribution in [0.15, 0.2) is 30.3 Å². The minimum atomic E-state index is -0.301. The third-order valence-electron chi connectivity index (χ3n) is 2.36. The molecule has 0 heterocycles. The Balaban J connectivity index is 2.24. The van der Waals surface area contributed by atoms with E-state index in [1.807, 2.05) is 30.3 Å². The molecule has 0 saturated carbocycles. The number of carbonyl (C=O) groups is 1. The molecular formula is C13H19NO3. The average Bonchev–Trinajstić information content (AvgIpc) is 2.37. The smallest absolute Gasteiger partial charge is 0.409 e. The Morgan fingerprint density at radius 3 is 2.65 bits per heavy atom. The second kappa shape index (κ2) is 7.68. The summed E-state index contributed by atoms with van der Waals surface area (Å²) in [6, 6.07) is 9.63. The van der Waals surface area contributed by atoms with Gasteiger partial charge in [0.1, 0.15) is 6.61 Å². The van der Waals surface area contributed by atoms with Crippen LogP contribution in [0.4, 0.5) is 4.79 Å². The van der Waals surface area contributed by atoms with Crippen molar-refractivity contribution in [1.82, 2.24) is 4.90 Å². The molecule has 4 heteroatoms. The Kier molecular flexibility index (Phi) is 6.10. The maximum Gasteiger partial charge on any atom is 0.409 e. The van der Waals surface area contributed by atoms with Crippen molar-refractivity contribution >= 4 is 6.09 Å². The quantitative estimate of drug-likeness (QED) is 0.712. The minimum Gasteiger partial charge on any atom is -0.445 e. The number of hydrogen-bond donors (Lipinski definition) is 0. The molecule has 0 aromatic heterocycles. The van der Waals surface area contributed by atoms with Gasteiger partial charge in [0.25, 0.3) is 0 Å². The third kappa shape index (κ3) is 5.36. The molecule has 4 nitrogen and oxygen atoms in total. The normalized spacial score (nSPS) is 10.0. The minimum absolute atomic E-state index is 0.301. The zero-order chi connectivity index (χ0) is 12.5. The summed E-state index contributed by atoms with van der Waals surface area (Å²) < 4.78 is 10.1. The zero-order valence-electron chi connectivity index (χ0n) is 10.4. The molecule has 17 heavy (non-hydrogen) atoms. The maximum atomic E-state index is 11.6. The lowest BCUT2D eigenvalue weighted by Crippen LogP contribution is -2.28. The molecule has 0 aliphatic rings. The molecule has 1 aromatic rings. The van der Waals surface area contributed by atoms with Crippen molar-refractivity contribution in [3.8, 4) is 0 Å². The second-order valence-electron chi connectivity index (χ2n) is 3.81. The van der Waals surface area contributed by atoms with Gasteiger partial charge < -0.3 is 14.4 Å². The average molecular weight is 237 g/mol. The van der Waals surface area contributed by atoms with Crippen LogP contribution in [-0.4, -0.2) is 38.3 Å². The van der Waals surface area contributed by atoms with Gasteiger partial charge in [0.15, 0.2) is 0 Å². The number of benzene rings is 1. The fourth-order valence-electron chi connectivity index (χ4n) is 1.37. The van der Waals surface area contributed by atoms with E-state index in [1.165, 1.54) is 0 Å². The van der Waals surface area contributed by atoms with Crippen molar-refractivity contribution in [1.29, 1.82) is 0 Å². The highest BCUT2D eigenvalue weighted by atomic mass is 16.6. The van der Waals surface area contributed by atoms with E-state index in [0.29, 0.717) is 19.8 Å². The number of nitrogens with zero attached hydrogens (tertiary/aromatic N) is 1. The van der Waals surface area contributed by atoms with Crippen LogP contribution in [0, 0.1) is 0 Å². The lowest BCUT2D eigenvalue weighted by atomic mass is 10.2. The van der Waals surface area contributed by atoms with E-state index in [9.17, 15) is 4.79 Å². The summed E-state index contributed by atoms with van der Waals surface area (Å²) in [7, 11) is 3.37. The first-order chi connectivity index (χ1) is 8.24. The predicted molar refractivity (Wildman–Crippen MR) is 65.8 cm³/mol. The summed E-state index contributed by atoms with van der Waals surface area (Å²) in [5.74, 6) is 0. The van der Waals surface area contributed by atoms with Gasteiger partial charge in [-0.2, -0.15) is 0 Å². The van der Waals surface area contributed by atoms with Crippen LogP contribution >= 0.6 is 0 Å². The van der Waals surface area contributed by atoms with Crippen molar-refractivity contribution < 1.29 is 14.3 Å². The number of amides is 1. The van der Waals surface area contributed by atoms with Crippen LogP contribution in [0.2, 0.25) is 0 Å². The summed E-state index contributed by atoms with van der Waals surface area (Å²) in [5, 5.41) is 0. The van der Waals surface area contributed by atoms with E-state index in [2.05, 4.69) is 0 Å². The van der Waals surface area contributed by atoms with Crippen LogP contribution < -0.4 is 0 Å². The standard InChI is InChI=1S/C13H19NO3/c1-14(9-6-10-16-2)13(15)17-11-12-7-4-3-5-8-12/h3-5,7-8H,6,9-11H2,1-2H3. The summed E-state index contributed by atoms with van der Waals surface area (Å²) >= 11 is 0. The lowest BCUT2D eigenvalue weighted by Gasteiger charge is -2.16. The van der Waals surface area contributed by atoms with Gasteiger partial charge in [-0.25, -0.2) is 4.79 Å². The first-order valence-electron chi connectivity index (χ1n) is 5.65. The molecule has 0 unspecified atom stereocenters.